The molecule has 0 aromatic rings. The van der Waals surface area contributed by atoms with Crippen molar-refractivity contribution in [3.8, 4) is 0 Å². The zero-order valence-corrected chi connectivity index (χ0v) is 4.16. The van der Waals surface area contributed by atoms with Crippen molar-refractivity contribution in [3.63, 3.8) is 0 Å². The molecule has 0 aliphatic rings. The Balaban J connectivity index is 0. The Bertz CT molecular complexity index is 46.8. The molecule has 0 aromatic heterocycles. The summed E-state index contributed by atoms with van der Waals surface area (Å²) in [5, 5.41) is 9.13. The van der Waals surface area contributed by atoms with Gasteiger partial charge in [0.1, 0.15) is 0 Å². The van der Waals surface area contributed by atoms with Gasteiger partial charge in [0, 0.05) is 23.6 Å². The van der Waals surface area contributed by atoms with Crippen LogP contribution in [0.15, 0.2) is 0 Å². The second-order valence-electron chi connectivity index (χ2n) is 0.576. The van der Waals surface area contributed by atoms with E-state index < -0.39 is 5.97 Å². The van der Waals surface area contributed by atoms with Gasteiger partial charge in [0.25, 0.3) is 0 Å². The van der Waals surface area contributed by atoms with Gasteiger partial charge in [-0.05, 0) is 0 Å². The van der Waals surface area contributed by atoms with E-state index in [0.29, 0.717) is 0 Å². The van der Waals surface area contributed by atoms with Gasteiger partial charge in [-0.1, -0.05) is 0 Å². The molecule has 6 heavy (non-hydrogen) atoms. The smallest absolute Gasteiger partial charge is 0.0550 e. The minimum Gasteiger partial charge on any atom is -0.549 e. The Labute approximate surface area is 46.0 Å². The van der Waals surface area contributed by atoms with E-state index in [0.717, 1.165) is 0 Å². The molecule has 0 amide bonds. The number of hydrogen-bond acceptors (Lipinski definition) is 3. The number of carbonyl (C=O) groups is 1. The first-order valence-electron chi connectivity index (χ1n) is 1.17. The van der Waals surface area contributed by atoms with Crippen LogP contribution in [-0.4, -0.2) is 12.5 Å². The van der Waals surface area contributed by atoms with Crippen LogP contribution in [0, 0.1) is 0 Å². The van der Waals surface area contributed by atoms with Gasteiger partial charge in [-0.3, -0.25) is 0 Å². The summed E-state index contributed by atoms with van der Waals surface area (Å²) in [6.45, 7) is -0.389. The standard InChI is InChI=1S/C2H5NO2.Mn/c3-1-2(4)5;/h1,3H2,(H,4,5);/p-1. The molecule has 0 aromatic carbocycles. The summed E-state index contributed by atoms with van der Waals surface area (Å²) in [4.78, 5) is 9.13. The van der Waals surface area contributed by atoms with Crippen molar-refractivity contribution < 1.29 is 27.0 Å². The number of hydrogen-bond donors (Lipinski definition) is 1. The van der Waals surface area contributed by atoms with Gasteiger partial charge in [-0.15, -0.1) is 0 Å². The summed E-state index contributed by atoms with van der Waals surface area (Å²) >= 11 is 0. The van der Waals surface area contributed by atoms with Crippen LogP contribution in [0.4, 0.5) is 0 Å². The van der Waals surface area contributed by atoms with Crippen LogP contribution in [0.1, 0.15) is 0 Å². The monoisotopic (exact) mass is 129 g/mol. The Morgan fingerprint density at radius 2 is 2.00 bits per heavy atom. The van der Waals surface area contributed by atoms with Crippen molar-refractivity contribution in [1.29, 1.82) is 0 Å². The number of carboxylic acid groups (broad SMARTS) is 1. The summed E-state index contributed by atoms with van der Waals surface area (Å²) in [6.07, 6.45) is 0. The molecular formula is C2H4MnNO2-. The van der Waals surface area contributed by atoms with E-state index in [1.807, 2.05) is 0 Å². The molecule has 3 nitrogen and oxygen atoms in total. The van der Waals surface area contributed by atoms with E-state index in [9.17, 15) is 0 Å². The van der Waals surface area contributed by atoms with Crippen molar-refractivity contribution >= 4 is 5.97 Å². The summed E-state index contributed by atoms with van der Waals surface area (Å²) < 4.78 is 0. The normalized spacial score (nSPS) is 6.17. The molecule has 37 valence electrons. The summed E-state index contributed by atoms with van der Waals surface area (Å²) in [5.74, 6) is -1.22. The number of carbonyl (C=O) groups excluding carboxylic acids is 1. The topological polar surface area (TPSA) is 66.2 Å². The number of rotatable bonds is 1. The zero-order valence-electron chi connectivity index (χ0n) is 2.98. The van der Waals surface area contributed by atoms with Gasteiger partial charge in [-0.2, -0.15) is 0 Å². The molecule has 0 aliphatic carbocycles. The van der Waals surface area contributed by atoms with E-state index in [-0.39, 0.29) is 23.6 Å². The predicted molar refractivity (Wildman–Crippen MR) is 14.1 cm³/mol. The average molecular weight is 129 g/mol. The summed E-state index contributed by atoms with van der Waals surface area (Å²) in [5.41, 5.74) is 4.51. The average Bonchev–Trinajstić information content (AvgIpc) is 1.38. The van der Waals surface area contributed by atoms with Crippen LogP contribution in [0.5, 0.6) is 0 Å². The molecule has 0 atom stereocenters. The minimum atomic E-state index is -1.22. The van der Waals surface area contributed by atoms with Crippen LogP contribution in [0.3, 0.4) is 0 Å². The van der Waals surface area contributed by atoms with Gasteiger partial charge in [-0.25, -0.2) is 0 Å². The Hall–Kier alpha value is -0.0505. The van der Waals surface area contributed by atoms with Crippen molar-refractivity contribution in [3.05, 3.63) is 0 Å². The maximum absolute atomic E-state index is 9.13. The third-order valence-electron chi connectivity index (χ3n) is 0.167. The molecular weight excluding hydrogens is 125 g/mol. The maximum atomic E-state index is 9.13. The predicted octanol–water partition coefficient (Wildman–Crippen LogP) is -2.31. The van der Waals surface area contributed by atoms with Crippen molar-refractivity contribution in [2.75, 3.05) is 6.54 Å². The molecule has 0 unspecified atom stereocenters. The molecule has 2 N–H and O–H groups in total. The third-order valence-corrected chi connectivity index (χ3v) is 0.167. The molecule has 0 heterocycles. The molecule has 0 aliphatic heterocycles. The van der Waals surface area contributed by atoms with Crippen LogP contribution in [0.25, 0.3) is 0 Å². The van der Waals surface area contributed by atoms with Crippen molar-refractivity contribution in [2.24, 2.45) is 5.73 Å². The van der Waals surface area contributed by atoms with Gasteiger partial charge in [0.2, 0.25) is 0 Å². The molecule has 0 rings (SSSR count). The number of carboxylic acids is 1. The summed E-state index contributed by atoms with van der Waals surface area (Å²) in [7, 11) is 0. The van der Waals surface area contributed by atoms with E-state index in [1.165, 1.54) is 0 Å². The Morgan fingerprint density at radius 1 is 1.83 bits per heavy atom. The second-order valence-corrected chi connectivity index (χ2v) is 0.576. The van der Waals surface area contributed by atoms with Gasteiger partial charge in [0.05, 0.1) is 5.97 Å². The Kier molecular flexibility index (Phi) is 7.71. The fourth-order valence-electron chi connectivity index (χ4n) is 0. The molecule has 0 spiro atoms. The van der Waals surface area contributed by atoms with Crippen LogP contribution in [0.2, 0.25) is 0 Å². The molecule has 0 saturated carbocycles. The molecule has 0 bridgehead atoms. The number of aliphatic carboxylic acids is 1. The van der Waals surface area contributed by atoms with E-state index in [2.05, 4.69) is 5.73 Å². The molecule has 4 heteroatoms. The van der Waals surface area contributed by atoms with Gasteiger partial charge < -0.3 is 15.6 Å². The Morgan fingerprint density at radius 3 is 2.00 bits per heavy atom. The summed E-state index contributed by atoms with van der Waals surface area (Å²) in [6, 6.07) is 0. The van der Waals surface area contributed by atoms with Crippen LogP contribution >= 0.6 is 0 Å². The van der Waals surface area contributed by atoms with Crippen LogP contribution in [-0.2, 0) is 21.9 Å². The van der Waals surface area contributed by atoms with Crippen LogP contribution < -0.4 is 10.8 Å². The second kappa shape index (κ2) is 4.95. The largest absolute Gasteiger partial charge is 0.549 e. The minimum absolute atomic E-state index is 0. The van der Waals surface area contributed by atoms with Crippen molar-refractivity contribution in [2.45, 2.75) is 0 Å². The number of nitrogens with two attached hydrogens (primary N) is 1. The first-order valence-corrected chi connectivity index (χ1v) is 1.17. The molecule has 1 radical (unpaired) electrons. The first-order chi connectivity index (χ1) is 2.27. The fourth-order valence-corrected chi connectivity index (χ4v) is 0. The zero-order chi connectivity index (χ0) is 4.28. The van der Waals surface area contributed by atoms with E-state index >= 15 is 0 Å². The molecule has 0 fully saturated rings. The van der Waals surface area contributed by atoms with Crippen molar-refractivity contribution in [1.82, 2.24) is 0 Å². The van der Waals surface area contributed by atoms with E-state index in [4.69, 9.17) is 9.90 Å². The van der Waals surface area contributed by atoms with Gasteiger partial charge in [0.15, 0.2) is 0 Å². The maximum Gasteiger partial charge on any atom is 0.0550 e. The van der Waals surface area contributed by atoms with E-state index in [1.54, 1.807) is 0 Å². The van der Waals surface area contributed by atoms with Gasteiger partial charge >= 0.3 is 0 Å². The first kappa shape index (κ1) is 9.34. The fraction of sp³-hybridized carbons (Fsp3) is 0.500. The third kappa shape index (κ3) is 9.04. The molecule has 0 saturated heterocycles. The SMILES string of the molecule is NCC(=O)[O-].[Mn]. The quantitative estimate of drug-likeness (QED) is 0.404.